The van der Waals surface area contributed by atoms with E-state index in [9.17, 15) is 19.6 Å². The summed E-state index contributed by atoms with van der Waals surface area (Å²) < 4.78 is 0. The van der Waals surface area contributed by atoms with Crippen LogP contribution < -0.4 is 10.7 Å². The molecule has 2 amide bonds. The van der Waals surface area contributed by atoms with Crippen LogP contribution in [-0.2, 0) is 9.59 Å². The van der Waals surface area contributed by atoms with Crippen molar-refractivity contribution in [3.8, 4) is 6.07 Å². The fourth-order valence-corrected chi connectivity index (χ4v) is 4.09. The highest BCUT2D eigenvalue weighted by molar-refractivity contribution is 6.45. The maximum Gasteiger partial charge on any atom is 0.288 e. The van der Waals surface area contributed by atoms with Gasteiger partial charge in [-0.05, 0) is 56.4 Å². The second kappa shape index (κ2) is 19.5. The zero-order valence-electron chi connectivity index (χ0n) is 25.3. The minimum Gasteiger partial charge on any atom is -0.352 e. The third-order valence-electron chi connectivity index (χ3n) is 7.00. The largest absolute Gasteiger partial charge is 0.352 e. The zero-order chi connectivity index (χ0) is 29.9. The number of carbonyl (C=O) groups excluding carboxylic acids is 3. The molecule has 0 radical (unpaired) electrons. The molecule has 0 aliphatic carbocycles. The van der Waals surface area contributed by atoms with Gasteiger partial charge in [0.1, 0.15) is 6.07 Å². The molecule has 0 saturated carbocycles. The van der Waals surface area contributed by atoms with Gasteiger partial charge in [-0.3, -0.25) is 24.8 Å². The maximum atomic E-state index is 13.6. The minimum atomic E-state index is -0.420. The molecular formula is C31H48N6O3. The molecule has 0 aliphatic rings. The van der Waals surface area contributed by atoms with E-state index in [0.717, 1.165) is 51.4 Å². The van der Waals surface area contributed by atoms with Gasteiger partial charge in [0, 0.05) is 37.8 Å². The summed E-state index contributed by atoms with van der Waals surface area (Å²) in [7, 11) is 1.68. The van der Waals surface area contributed by atoms with Crippen molar-refractivity contribution in [3.05, 3.63) is 41.0 Å². The molecule has 40 heavy (non-hydrogen) atoms. The van der Waals surface area contributed by atoms with Crippen LogP contribution >= 0.6 is 0 Å². The van der Waals surface area contributed by atoms with Crippen LogP contribution in [0.5, 0.6) is 0 Å². The number of hydrogen-bond donors (Lipinski definition) is 2. The molecule has 2 N–H and O–H groups in total. The molecule has 0 bridgehead atoms. The van der Waals surface area contributed by atoms with Crippen LogP contribution in [0.4, 0.5) is 5.69 Å². The van der Waals surface area contributed by atoms with Gasteiger partial charge in [0.25, 0.3) is 11.8 Å². The molecule has 9 nitrogen and oxygen atoms in total. The Morgan fingerprint density at radius 2 is 1.62 bits per heavy atom. The summed E-state index contributed by atoms with van der Waals surface area (Å²) in [4.78, 5) is 37.7. The third kappa shape index (κ3) is 11.3. The third-order valence-corrected chi connectivity index (χ3v) is 7.00. The summed E-state index contributed by atoms with van der Waals surface area (Å²) in [5.41, 5.74) is 3.97. The Balaban J connectivity index is 3.13. The normalized spacial score (nSPS) is 12.8. The Morgan fingerprint density at radius 1 is 1.02 bits per heavy atom. The molecule has 0 spiro atoms. The molecule has 0 aliphatic heterocycles. The topological polar surface area (TPSA) is 118 Å². The predicted octanol–water partition coefficient (Wildman–Crippen LogP) is 5.72. The first-order valence-electron chi connectivity index (χ1n) is 14.6. The highest BCUT2D eigenvalue weighted by Gasteiger charge is 2.25. The van der Waals surface area contributed by atoms with Gasteiger partial charge in [0.15, 0.2) is 12.0 Å². The van der Waals surface area contributed by atoms with Gasteiger partial charge in [-0.2, -0.15) is 10.4 Å². The average molecular weight is 553 g/mol. The smallest absolute Gasteiger partial charge is 0.288 e. The Hall–Kier alpha value is -3.51. The Kier molecular flexibility index (Phi) is 16.9. The first-order valence-corrected chi connectivity index (χ1v) is 14.6. The van der Waals surface area contributed by atoms with Gasteiger partial charge in [-0.15, -0.1) is 0 Å². The summed E-state index contributed by atoms with van der Waals surface area (Å²) in [6.07, 6.45) is 8.69. The second-order valence-corrected chi connectivity index (χ2v) is 10.0. The van der Waals surface area contributed by atoms with E-state index in [1.165, 1.54) is 5.01 Å². The molecule has 9 heteroatoms. The van der Waals surface area contributed by atoms with Crippen molar-refractivity contribution in [2.24, 2.45) is 11.0 Å². The van der Waals surface area contributed by atoms with Crippen molar-refractivity contribution in [2.75, 3.05) is 32.1 Å². The number of hydrazone groups is 1. The SMILES string of the molecule is CCCCC(CC)CNC(=O)c1ccc(N/N=C(C(=O)N(C)N(CCCC)CCCC)/C(C)=C(/C#N)C=O)cc1. The molecule has 1 rings (SSSR count). The molecular weight excluding hydrogens is 504 g/mol. The molecule has 0 saturated heterocycles. The number of allylic oxidation sites excluding steroid dienone is 1. The van der Waals surface area contributed by atoms with Crippen LogP contribution in [0.1, 0.15) is 96.3 Å². The van der Waals surface area contributed by atoms with E-state index >= 15 is 0 Å². The van der Waals surface area contributed by atoms with Crippen molar-refractivity contribution in [3.63, 3.8) is 0 Å². The van der Waals surface area contributed by atoms with Crippen LogP contribution in [0.25, 0.3) is 0 Å². The summed E-state index contributed by atoms with van der Waals surface area (Å²) in [6.45, 7) is 12.1. The van der Waals surface area contributed by atoms with Gasteiger partial charge < -0.3 is 5.32 Å². The number of nitriles is 1. The number of unbranched alkanes of at least 4 members (excludes halogenated alkanes) is 3. The van der Waals surface area contributed by atoms with Crippen molar-refractivity contribution >= 4 is 29.5 Å². The molecule has 220 valence electrons. The number of nitrogens with one attached hydrogen (secondary N) is 2. The average Bonchev–Trinajstić information content (AvgIpc) is 2.97. The van der Waals surface area contributed by atoms with E-state index < -0.39 is 5.91 Å². The number of rotatable bonds is 19. The summed E-state index contributed by atoms with van der Waals surface area (Å²) in [6, 6.07) is 8.65. The number of aldehydes is 1. The number of hydrazine groups is 1. The lowest BCUT2D eigenvalue weighted by Crippen LogP contribution is -2.48. The van der Waals surface area contributed by atoms with Crippen LogP contribution in [-0.4, -0.2) is 60.5 Å². The van der Waals surface area contributed by atoms with Crippen molar-refractivity contribution in [2.45, 2.75) is 86.0 Å². The number of hydrogen-bond acceptors (Lipinski definition) is 7. The quantitative estimate of drug-likeness (QED) is 0.0746. The zero-order valence-corrected chi connectivity index (χ0v) is 25.3. The van der Waals surface area contributed by atoms with E-state index in [2.05, 4.69) is 43.5 Å². The number of benzene rings is 1. The van der Waals surface area contributed by atoms with E-state index in [1.54, 1.807) is 38.2 Å². The molecule has 1 unspecified atom stereocenters. The fourth-order valence-electron chi connectivity index (χ4n) is 4.09. The Labute approximate surface area is 240 Å². The standard InChI is InChI=1S/C31H48N6O3/c1-7-11-14-25(10-4)22-33-30(39)26-15-17-28(18-16-26)34-35-29(24(5)27(21-32)23-38)31(40)36(6)37(19-12-8-2)20-13-9-3/h15-18,23,25,34H,7-14,19-20,22H2,1-6H3,(H,33,39)/b27-24-,35-29-. The van der Waals surface area contributed by atoms with Crippen LogP contribution in [0.2, 0.25) is 0 Å². The van der Waals surface area contributed by atoms with Crippen LogP contribution in [0.3, 0.4) is 0 Å². The van der Waals surface area contributed by atoms with Crippen molar-refractivity contribution in [1.82, 2.24) is 15.3 Å². The molecule has 1 aromatic carbocycles. The van der Waals surface area contributed by atoms with Gasteiger partial charge in [0.05, 0.1) is 11.3 Å². The van der Waals surface area contributed by atoms with Gasteiger partial charge in [-0.1, -0.05) is 59.8 Å². The molecule has 0 heterocycles. The highest BCUT2D eigenvalue weighted by Crippen LogP contribution is 2.15. The Bertz CT molecular complexity index is 1030. The lowest BCUT2D eigenvalue weighted by atomic mass is 9.99. The first-order chi connectivity index (χ1) is 19.3. The van der Waals surface area contributed by atoms with Crippen molar-refractivity contribution < 1.29 is 14.4 Å². The maximum absolute atomic E-state index is 13.6. The summed E-state index contributed by atoms with van der Waals surface area (Å²) >= 11 is 0. The van der Waals surface area contributed by atoms with E-state index in [-0.39, 0.29) is 22.8 Å². The van der Waals surface area contributed by atoms with E-state index in [0.29, 0.717) is 43.1 Å². The van der Waals surface area contributed by atoms with Gasteiger partial charge >= 0.3 is 0 Å². The lowest BCUT2D eigenvalue weighted by molar-refractivity contribution is -0.138. The molecule has 0 aromatic heterocycles. The highest BCUT2D eigenvalue weighted by atomic mass is 16.2. The monoisotopic (exact) mass is 552 g/mol. The Morgan fingerprint density at radius 3 is 2.12 bits per heavy atom. The minimum absolute atomic E-state index is 0.0244. The van der Waals surface area contributed by atoms with Gasteiger partial charge in [-0.25, -0.2) is 5.01 Å². The fraction of sp³-hybridized carbons (Fsp3) is 0.581. The van der Waals surface area contributed by atoms with E-state index in [4.69, 9.17) is 0 Å². The number of carbonyl (C=O) groups is 3. The lowest BCUT2D eigenvalue weighted by Gasteiger charge is -2.32. The first kappa shape index (κ1) is 34.5. The predicted molar refractivity (Wildman–Crippen MR) is 162 cm³/mol. The van der Waals surface area contributed by atoms with Crippen LogP contribution in [0, 0.1) is 17.2 Å². The second-order valence-electron chi connectivity index (χ2n) is 10.0. The summed E-state index contributed by atoms with van der Waals surface area (Å²) in [5, 5.41) is 20.3. The van der Waals surface area contributed by atoms with Crippen LogP contribution in [0.15, 0.2) is 40.5 Å². The van der Waals surface area contributed by atoms with Crippen molar-refractivity contribution in [1.29, 1.82) is 5.26 Å². The van der Waals surface area contributed by atoms with Gasteiger partial charge in [0.2, 0.25) is 0 Å². The number of nitrogens with zero attached hydrogens (tertiary/aromatic N) is 4. The number of amides is 2. The number of anilines is 1. The molecule has 1 aromatic rings. The van der Waals surface area contributed by atoms with E-state index in [1.807, 2.05) is 11.1 Å². The molecule has 1 atom stereocenters. The summed E-state index contributed by atoms with van der Waals surface area (Å²) in [5.74, 6) is -0.0874. The molecule has 0 fully saturated rings.